The molecule has 1 aromatic heterocycles. The highest BCUT2D eigenvalue weighted by molar-refractivity contribution is 6.14. The first-order chi connectivity index (χ1) is 17.8. The lowest BCUT2D eigenvalue weighted by Crippen LogP contribution is -2.33. The number of nitrogens with zero attached hydrogens (tertiary/aromatic N) is 6. The molecule has 3 heterocycles. The minimum absolute atomic E-state index is 0.0514. The number of allylic oxidation sites excluding steroid dienone is 4. The molecule has 1 N–H and O–H groups in total. The monoisotopic (exact) mass is 525 g/mol. The van der Waals surface area contributed by atoms with Gasteiger partial charge in [-0.3, -0.25) is 14.5 Å². The molecule has 4 rings (SSSR count). The maximum absolute atomic E-state index is 15.8. The number of hydrogen-bond acceptors (Lipinski definition) is 6. The van der Waals surface area contributed by atoms with E-state index in [9.17, 15) is 28.5 Å². The Kier molecular flexibility index (Phi) is 6.62. The number of aromatic nitrogens is 2. The number of nitrogens with one attached hydrogen (secondary N) is 1. The van der Waals surface area contributed by atoms with Gasteiger partial charge in [0, 0.05) is 36.1 Å². The number of halogens is 4. The first-order valence-corrected chi connectivity index (χ1v) is 11.6. The van der Waals surface area contributed by atoms with Gasteiger partial charge in [-0.15, -0.1) is 0 Å². The van der Waals surface area contributed by atoms with E-state index in [1.54, 1.807) is 39.6 Å². The Morgan fingerprint density at radius 2 is 1.76 bits per heavy atom. The van der Waals surface area contributed by atoms with E-state index in [-0.39, 0.29) is 28.2 Å². The summed E-state index contributed by atoms with van der Waals surface area (Å²) < 4.78 is 59.9. The van der Waals surface area contributed by atoms with Crippen LogP contribution in [0.4, 0.5) is 17.6 Å². The topological polar surface area (TPSA) is 110 Å². The second-order valence-electron chi connectivity index (χ2n) is 9.00. The number of carbonyl (C=O) groups excluding carboxylic acids is 1. The van der Waals surface area contributed by atoms with Gasteiger partial charge in [0.15, 0.2) is 0 Å². The van der Waals surface area contributed by atoms with Gasteiger partial charge < -0.3 is 10.2 Å². The lowest BCUT2D eigenvalue weighted by atomic mass is 9.79. The van der Waals surface area contributed by atoms with Gasteiger partial charge in [0.25, 0.3) is 5.91 Å². The average molecular weight is 526 g/mol. The van der Waals surface area contributed by atoms with Gasteiger partial charge in [-0.05, 0) is 45.4 Å². The molecule has 0 bridgehead atoms. The molecular formula is C26H23F4N7O. The number of aliphatic imine (C=N–C) groups is 1. The van der Waals surface area contributed by atoms with E-state index in [1.165, 1.54) is 10.7 Å². The summed E-state index contributed by atoms with van der Waals surface area (Å²) in [4.78, 5) is 18.6. The van der Waals surface area contributed by atoms with E-state index < -0.39 is 47.1 Å². The van der Waals surface area contributed by atoms with Crippen molar-refractivity contribution in [2.45, 2.75) is 52.9 Å². The molecule has 0 aliphatic carbocycles. The highest BCUT2D eigenvalue weighted by atomic mass is 19.4. The van der Waals surface area contributed by atoms with Crippen LogP contribution in [0.5, 0.6) is 0 Å². The van der Waals surface area contributed by atoms with Crippen molar-refractivity contribution in [2.24, 2.45) is 4.99 Å². The van der Waals surface area contributed by atoms with E-state index >= 15 is 4.39 Å². The number of rotatable bonds is 3. The minimum atomic E-state index is -5.10. The Morgan fingerprint density at radius 3 is 2.29 bits per heavy atom. The molecule has 2 aliphatic rings. The molecule has 0 fully saturated rings. The van der Waals surface area contributed by atoms with Gasteiger partial charge in [-0.1, -0.05) is 0 Å². The summed E-state index contributed by atoms with van der Waals surface area (Å²) in [6.07, 6.45) is -5.10. The molecule has 1 amide bonds. The average Bonchev–Trinajstić information content (AvgIpc) is 3.43. The zero-order chi connectivity index (χ0) is 28.1. The lowest BCUT2D eigenvalue weighted by molar-refractivity contribution is -0.140. The van der Waals surface area contributed by atoms with Crippen LogP contribution in [0.3, 0.4) is 0 Å². The van der Waals surface area contributed by atoms with Crippen LogP contribution < -0.4 is 5.32 Å². The standard InChI is InChI=1S/C26H23F4N7O/c1-6-37-20(7-12(2)35-37)25(38)34-24-15-8-16(23(27)22(26(28,29)30)19(15)11-33-24)21-17(9-31)13(3)36(5)14(4)18(21)10-32/h7-8,21H,6,11H2,1-5H3,(H,33,34,38). The molecular weight excluding hydrogens is 502 g/mol. The molecule has 38 heavy (non-hydrogen) atoms. The molecule has 0 saturated heterocycles. The zero-order valence-corrected chi connectivity index (χ0v) is 21.2. The van der Waals surface area contributed by atoms with E-state index in [2.05, 4.69) is 15.4 Å². The smallest absolute Gasteiger partial charge is 0.350 e. The van der Waals surface area contributed by atoms with Crippen LogP contribution in [0.2, 0.25) is 0 Å². The summed E-state index contributed by atoms with van der Waals surface area (Å²) in [5.41, 5.74) is -1.15. The Hall–Kier alpha value is -4.45. The third kappa shape index (κ3) is 4.12. The predicted molar refractivity (Wildman–Crippen MR) is 129 cm³/mol. The zero-order valence-electron chi connectivity index (χ0n) is 21.2. The van der Waals surface area contributed by atoms with Crippen molar-refractivity contribution >= 4 is 11.7 Å². The fraction of sp³-hybridized carbons (Fsp3) is 0.346. The Morgan fingerprint density at radius 1 is 1.16 bits per heavy atom. The van der Waals surface area contributed by atoms with E-state index in [0.29, 0.717) is 23.6 Å². The second kappa shape index (κ2) is 9.45. The van der Waals surface area contributed by atoms with Crippen LogP contribution in [0, 0.1) is 35.4 Å². The highest BCUT2D eigenvalue weighted by Crippen LogP contribution is 2.46. The number of benzene rings is 1. The molecule has 1 aromatic carbocycles. The molecule has 12 heteroatoms. The number of aryl methyl sites for hydroxylation is 2. The van der Waals surface area contributed by atoms with Gasteiger partial charge in [-0.25, -0.2) is 4.39 Å². The van der Waals surface area contributed by atoms with Crippen LogP contribution in [0.15, 0.2) is 39.7 Å². The van der Waals surface area contributed by atoms with Crippen LogP contribution in [0.1, 0.15) is 65.1 Å². The number of alkyl halides is 3. The molecule has 2 aromatic rings. The molecule has 2 aliphatic heterocycles. The number of carbonyl (C=O) groups is 1. The second-order valence-corrected chi connectivity index (χ2v) is 9.00. The van der Waals surface area contributed by atoms with Gasteiger partial charge >= 0.3 is 6.18 Å². The summed E-state index contributed by atoms with van der Waals surface area (Å²) in [6.45, 7) is 6.51. The Bertz CT molecular complexity index is 1510. The molecule has 196 valence electrons. The van der Waals surface area contributed by atoms with Gasteiger partial charge in [0.05, 0.1) is 47.0 Å². The summed E-state index contributed by atoms with van der Waals surface area (Å²) in [5.74, 6) is -3.74. The maximum Gasteiger partial charge on any atom is 0.419 e. The fourth-order valence-corrected chi connectivity index (χ4v) is 4.87. The Labute approximate surface area is 216 Å². The minimum Gasteiger partial charge on any atom is -0.350 e. The summed E-state index contributed by atoms with van der Waals surface area (Å²) in [5, 5.41) is 26.5. The van der Waals surface area contributed by atoms with Crippen molar-refractivity contribution in [3.8, 4) is 12.1 Å². The third-order valence-corrected chi connectivity index (χ3v) is 6.91. The van der Waals surface area contributed by atoms with Crippen LogP contribution >= 0.6 is 0 Å². The lowest BCUT2D eigenvalue weighted by Gasteiger charge is -2.33. The SMILES string of the molecule is CCn1nc(C)cc1C(=O)NC1=NCc2c1cc(C1C(C#N)=C(C)N(C)C(C)=C1C#N)c(F)c2C(F)(F)F. The number of amidine groups is 1. The number of hydrogen-bond donors (Lipinski definition) is 1. The summed E-state index contributed by atoms with van der Waals surface area (Å²) >= 11 is 0. The molecule has 0 unspecified atom stereocenters. The van der Waals surface area contributed by atoms with Crippen molar-refractivity contribution in [1.29, 1.82) is 10.5 Å². The van der Waals surface area contributed by atoms with Crippen LogP contribution in [0.25, 0.3) is 0 Å². The van der Waals surface area contributed by atoms with Crippen molar-refractivity contribution in [3.63, 3.8) is 0 Å². The molecule has 0 radical (unpaired) electrons. The van der Waals surface area contributed by atoms with Crippen molar-refractivity contribution < 1.29 is 22.4 Å². The first-order valence-electron chi connectivity index (χ1n) is 11.6. The third-order valence-electron chi connectivity index (χ3n) is 6.91. The molecule has 0 spiro atoms. The number of fused-ring (bicyclic) bond motifs is 1. The largest absolute Gasteiger partial charge is 0.419 e. The quantitative estimate of drug-likeness (QED) is 0.585. The molecule has 8 nitrogen and oxygen atoms in total. The first kappa shape index (κ1) is 26.6. The van der Waals surface area contributed by atoms with Crippen molar-refractivity contribution in [2.75, 3.05) is 7.05 Å². The van der Waals surface area contributed by atoms with Gasteiger partial charge in [0.1, 0.15) is 17.3 Å². The van der Waals surface area contributed by atoms with E-state index in [0.717, 1.165) is 6.07 Å². The normalized spacial score (nSPS) is 15.9. The Balaban J connectivity index is 1.92. The summed E-state index contributed by atoms with van der Waals surface area (Å²) in [6, 6.07) is 6.58. The maximum atomic E-state index is 15.8. The van der Waals surface area contributed by atoms with Crippen molar-refractivity contribution in [1.82, 2.24) is 20.0 Å². The van der Waals surface area contributed by atoms with Crippen LogP contribution in [-0.4, -0.2) is 33.5 Å². The van der Waals surface area contributed by atoms with Crippen molar-refractivity contribution in [3.05, 3.63) is 74.1 Å². The number of nitriles is 2. The predicted octanol–water partition coefficient (Wildman–Crippen LogP) is 4.68. The van der Waals surface area contributed by atoms with Gasteiger partial charge in [-0.2, -0.15) is 28.8 Å². The highest BCUT2D eigenvalue weighted by Gasteiger charge is 2.44. The van der Waals surface area contributed by atoms with Gasteiger partial charge in [0.2, 0.25) is 0 Å². The molecule has 0 atom stereocenters. The van der Waals surface area contributed by atoms with E-state index in [1.807, 2.05) is 12.1 Å². The van der Waals surface area contributed by atoms with Crippen LogP contribution in [-0.2, 0) is 19.3 Å². The summed E-state index contributed by atoms with van der Waals surface area (Å²) in [7, 11) is 1.61. The fourth-order valence-electron chi connectivity index (χ4n) is 4.87. The molecule has 0 saturated carbocycles. The number of amides is 1. The van der Waals surface area contributed by atoms with E-state index in [4.69, 9.17) is 0 Å².